The summed E-state index contributed by atoms with van der Waals surface area (Å²) in [6.07, 6.45) is 0.628. The largest absolute Gasteiger partial charge is 0.496 e. The summed E-state index contributed by atoms with van der Waals surface area (Å²) in [6.45, 7) is 0. The van der Waals surface area contributed by atoms with Gasteiger partial charge in [-0.15, -0.1) is 0 Å². The van der Waals surface area contributed by atoms with Gasteiger partial charge in [-0.05, 0) is 41.8 Å². The van der Waals surface area contributed by atoms with Gasteiger partial charge in [-0.25, -0.2) is 8.42 Å². The average Bonchev–Trinajstić information content (AvgIpc) is 2.61. The molecule has 0 fully saturated rings. The first kappa shape index (κ1) is 17.6. The molecule has 0 spiro atoms. The summed E-state index contributed by atoms with van der Waals surface area (Å²) in [6, 6.07) is 16.3. The minimum absolute atomic E-state index is 0.0927. The molecule has 0 saturated carbocycles. The summed E-state index contributed by atoms with van der Waals surface area (Å²) < 4.78 is 33.7. The van der Waals surface area contributed by atoms with E-state index in [4.69, 9.17) is 20.2 Å². The van der Waals surface area contributed by atoms with Crippen LogP contribution in [0.3, 0.4) is 0 Å². The number of ether oxygens (including phenoxy) is 2. The number of rotatable bonds is 5. The summed E-state index contributed by atoms with van der Waals surface area (Å²) in [7, 11) is 4.93. The lowest BCUT2D eigenvalue weighted by Crippen LogP contribution is -1.96. The standard InChI is InChI=1S/C19H17ClO4S/c1-23-17-11-8-14(19-16(17)4-3-5-18(19)24-2)12-13-6-9-15(10-7-13)25(20,21)22/h3-11H,12H2,1-2H3. The molecule has 3 aromatic rings. The second-order valence-corrected chi connectivity index (χ2v) is 8.13. The number of methoxy groups -OCH3 is 2. The SMILES string of the molecule is COc1ccc(Cc2ccc(S(=O)(=O)Cl)cc2)c2c(OC)cccc12. The van der Waals surface area contributed by atoms with Crippen LogP contribution in [-0.4, -0.2) is 22.6 Å². The molecular weight excluding hydrogens is 360 g/mol. The summed E-state index contributed by atoms with van der Waals surface area (Å²) >= 11 is 0. The van der Waals surface area contributed by atoms with Crippen molar-refractivity contribution >= 4 is 30.5 Å². The minimum atomic E-state index is -3.71. The molecule has 3 rings (SSSR count). The third kappa shape index (κ3) is 3.57. The van der Waals surface area contributed by atoms with Crippen LogP contribution < -0.4 is 9.47 Å². The Morgan fingerprint density at radius 3 is 2.16 bits per heavy atom. The molecule has 25 heavy (non-hydrogen) atoms. The zero-order chi connectivity index (χ0) is 18.0. The zero-order valence-corrected chi connectivity index (χ0v) is 15.4. The van der Waals surface area contributed by atoms with E-state index in [-0.39, 0.29) is 4.90 Å². The number of hydrogen-bond donors (Lipinski definition) is 0. The molecule has 0 unspecified atom stereocenters. The summed E-state index contributed by atoms with van der Waals surface area (Å²) in [4.78, 5) is 0.0927. The third-order valence-electron chi connectivity index (χ3n) is 4.09. The first-order valence-electron chi connectivity index (χ1n) is 7.60. The smallest absolute Gasteiger partial charge is 0.261 e. The highest BCUT2D eigenvalue weighted by molar-refractivity contribution is 8.13. The van der Waals surface area contributed by atoms with E-state index in [0.717, 1.165) is 33.4 Å². The first-order chi connectivity index (χ1) is 11.9. The fraction of sp³-hybridized carbons (Fsp3) is 0.158. The lowest BCUT2D eigenvalue weighted by atomic mass is 9.97. The van der Waals surface area contributed by atoms with Gasteiger partial charge in [0, 0.05) is 21.5 Å². The van der Waals surface area contributed by atoms with Gasteiger partial charge in [-0.2, -0.15) is 0 Å². The Hall–Kier alpha value is -2.24. The average molecular weight is 377 g/mol. The van der Waals surface area contributed by atoms with Gasteiger partial charge in [0.15, 0.2) is 0 Å². The van der Waals surface area contributed by atoms with Gasteiger partial charge in [0.1, 0.15) is 11.5 Å². The Morgan fingerprint density at radius 1 is 0.880 bits per heavy atom. The Labute approximate surface area is 151 Å². The summed E-state index contributed by atoms with van der Waals surface area (Å²) in [5, 5.41) is 1.96. The van der Waals surface area contributed by atoms with E-state index in [0.29, 0.717) is 6.42 Å². The third-order valence-corrected chi connectivity index (χ3v) is 5.46. The molecule has 0 aliphatic rings. The quantitative estimate of drug-likeness (QED) is 0.620. The molecule has 0 saturated heterocycles. The van der Waals surface area contributed by atoms with Crippen molar-refractivity contribution in [2.75, 3.05) is 14.2 Å². The molecule has 6 heteroatoms. The molecule has 0 N–H and O–H groups in total. The number of hydrogen-bond acceptors (Lipinski definition) is 4. The van der Waals surface area contributed by atoms with Gasteiger partial charge in [0.05, 0.1) is 19.1 Å². The van der Waals surface area contributed by atoms with Crippen molar-refractivity contribution < 1.29 is 17.9 Å². The van der Waals surface area contributed by atoms with Crippen molar-refractivity contribution in [3.8, 4) is 11.5 Å². The molecule has 0 aliphatic carbocycles. The van der Waals surface area contributed by atoms with E-state index in [2.05, 4.69) is 0 Å². The molecule has 3 aromatic carbocycles. The Morgan fingerprint density at radius 2 is 1.56 bits per heavy atom. The predicted molar refractivity (Wildman–Crippen MR) is 99.3 cm³/mol. The maximum atomic E-state index is 11.4. The Kier molecular flexibility index (Phi) is 4.88. The Bertz CT molecular complexity index is 1010. The fourth-order valence-electron chi connectivity index (χ4n) is 2.90. The minimum Gasteiger partial charge on any atom is -0.496 e. The zero-order valence-electron chi connectivity index (χ0n) is 13.8. The van der Waals surface area contributed by atoms with E-state index in [1.165, 1.54) is 12.1 Å². The van der Waals surface area contributed by atoms with Crippen molar-refractivity contribution in [2.45, 2.75) is 11.3 Å². The molecule has 0 heterocycles. The van der Waals surface area contributed by atoms with Gasteiger partial charge in [-0.1, -0.05) is 30.3 Å². The lowest BCUT2D eigenvalue weighted by molar-refractivity contribution is 0.415. The van der Waals surface area contributed by atoms with E-state index >= 15 is 0 Å². The highest BCUT2D eigenvalue weighted by atomic mass is 35.7. The monoisotopic (exact) mass is 376 g/mol. The number of benzene rings is 3. The molecule has 0 amide bonds. The molecule has 4 nitrogen and oxygen atoms in total. The van der Waals surface area contributed by atoms with Crippen LogP contribution in [0.2, 0.25) is 0 Å². The number of fused-ring (bicyclic) bond motifs is 1. The van der Waals surface area contributed by atoms with Gasteiger partial charge < -0.3 is 9.47 Å². The van der Waals surface area contributed by atoms with Crippen molar-refractivity contribution in [1.82, 2.24) is 0 Å². The topological polar surface area (TPSA) is 52.6 Å². The van der Waals surface area contributed by atoms with Gasteiger partial charge in [-0.3, -0.25) is 0 Å². The highest BCUT2D eigenvalue weighted by Gasteiger charge is 2.13. The van der Waals surface area contributed by atoms with Gasteiger partial charge in [0.2, 0.25) is 0 Å². The molecule has 0 atom stereocenters. The lowest BCUT2D eigenvalue weighted by Gasteiger charge is -2.14. The highest BCUT2D eigenvalue weighted by Crippen LogP contribution is 2.36. The second-order valence-electron chi connectivity index (χ2n) is 5.57. The molecule has 130 valence electrons. The van der Waals surface area contributed by atoms with Crippen LogP contribution in [0.1, 0.15) is 11.1 Å². The second kappa shape index (κ2) is 6.94. The normalized spacial score (nSPS) is 11.5. The predicted octanol–water partition coefficient (Wildman–Crippen LogP) is 4.38. The summed E-state index contributed by atoms with van der Waals surface area (Å²) in [5.41, 5.74) is 2.04. The number of halogens is 1. The molecular formula is C19H17ClO4S. The van der Waals surface area contributed by atoms with Crippen molar-refractivity contribution in [3.05, 3.63) is 65.7 Å². The van der Waals surface area contributed by atoms with Crippen molar-refractivity contribution in [1.29, 1.82) is 0 Å². The van der Waals surface area contributed by atoms with Crippen LogP contribution in [0, 0.1) is 0 Å². The maximum absolute atomic E-state index is 11.4. The van der Waals surface area contributed by atoms with E-state index in [1.54, 1.807) is 26.4 Å². The van der Waals surface area contributed by atoms with Crippen LogP contribution in [0.4, 0.5) is 0 Å². The van der Waals surface area contributed by atoms with E-state index in [9.17, 15) is 8.42 Å². The van der Waals surface area contributed by atoms with Crippen molar-refractivity contribution in [2.24, 2.45) is 0 Å². The van der Waals surface area contributed by atoms with Crippen LogP contribution >= 0.6 is 10.7 Å². The molecule has 0 bridgehead atoms. The summed E-state index contributed by atoms with van der Waals surface area (Å²) in [5.74, 6) is 1.55. The van der Waals surface area contributed by atoms with E-state index in [1.807, 2.05) is 30.3 Å². The van der Waals surface area contributed by atoms with Gasteiger partial charge >= 0.3 is 0 Å². The molecule has 0 radical (unpaired) electrons. The Balaban J connectivity index is 2.07. The fourth-order valence-corrected chi connectivity index (χ4v) is 3.67. The van der Waals surface area contributed by atoms with Crippen molar-refractivity contribution in [3.63, 3.8) is 0 Å². The van der Waals surface area contributed by atoms with Crippen LogP contribution in [0.25, 0.3) is 10.8 Å². The maximum Gasteiger partial charge on any atom is 0.261 e. The first-order valence-corrected chi connectivity index (χ1v) is 9.91. The van der Waals surface area contributed by atoms with Crippen LogP contribution in [-0.2, 0) is 15.5 Å². The van der Waals surface area contributed by atoms with Gasteiger partial charge in [0.25, 0.3) is 9.05 Å². The molecule has 0 aliphatic heterocycles. The van der Waals surface area contributed by atoms with Crippen LogP contribution in [0.15, 0.2) is 59.5 Å². The van der Waals surface area contributed by atoms with Crippen LogP contribution in [0.5, 0.6) is 11.5 Å². The molecule has 0 aromatic heterocycles. The van der Waals surface area contributed by atoms with E-state index < -0.39 is 9.05 Å².